The van der Waals surface area contributed by atoms with Crippen molar-refractivity contribution in [2.75, 3.05) is 19.8 Å². The molecule has 0 aliphatic carbocycles. The van der Waals surface area contributed by atoms with Crippen LogP contribution in [0.2, 0.25) is 10.0 Å². The summed E-state index contributed by atoms with van der Waals surface area (Å²) in [6, 6.07) is 18.5. The van der Waals surface area contributed by atoms with Crippen molar-refractivity contribution in [3.05, 3.63) is 92.3 Å². The zero-order valence-electron chi connectivity index (χ0n) is 22.8. The lowest BCUT2D eigenvalue weighted by molar-refractivity contribution is -0.123. The molecule has 1 saturated heterocycles. The van der Waals surface area contributed by atoms with Crippen molar-refractivity contribution < 1.29 is 23.8 Å². The standard InChI is InChI=1S/C31H31Cl2NO5S/c1-5-37-27-17-20(9-14-26(27)39-16-15-38-22-12-10-21(11-13-22)31(2,3)4)18-28-29(35)34(30(36)40-28)19-23-24(32)7-6-8-25(23)33/h6-14,17-18H,5,15-16,19H2,1-4H3/b28-18-. The SMILES string of the molecule is CCOc1cc(/C=C2\SC(=O)N(Cc3c(Cl)cccc3Cl)C2=O)ccc1OCCOc1ccc(C(C)(C)C)cc1. The van der Waals surface area contributed by atoms with Gasteiger partial charge in [-0.3, -0.25) is 14.5 Å². The van der Waals surface area contributed by atoms with E-state index in [9.17, 15) is 9.59 Å². The largest absolute Gasteiger partial charge is 0.490 e. The number of carbonyl (C=O) groups excluding carboxylic acids is 2. The highest BCUT2D eigenvalue weighted by molar-refractivity contribution is 8.18. The number of carbonyl (C=O) groups is 2. The molecule has 40 heavy (non-hydrogen) atoms. The van der Waals surface area contributed by atoms with Crippen molar-refractivity contribution in [1.29, 1.82) is 0 Å². The first-order valence-corrected chi connectivity index (χ1v) is 14.5. The summed E-state index contributed by atoms with van der Waals surface area (Å²) in [7, 11) is 0. The van der Waals surface area contributed by atoms with Gasteiger partial charge in [0.1, 0.15) is 19.0 Å². The molecule has 1 aliphatic heterocycles. The quantitative estimate of drug-likeness (QED) is 0.172. The number of rotatable bonds is 10. The number of hydrogen-bond acceptors (Lipinski definition) is 6. The fourth-order valence-corrected chi connectivity index (χ4v) is 5.35. The van der Waals surface area contributed by atoms with Gasteiger partial charge in [0.15, 0.2) is 11.5 Å². The molecule has 0 bridgehead atoms. The molecule has 0 spiro atoms. The molecule has 1 aliphatic rings. The Labute approximate surface area is 249 Å². The van der Waals surface area contributed by atoms with Crippen LogP contribution < -0.4 is 14.2 Å². The Kier molecular flexibility index (Phi) is 9.72. The van der Waals surface area contributed by atoms with Crippen molar-refractivity contribution in [1.82, 2.24) is 4.90 Å². The average Bonchev–Trinajstić information content (AvgIpc) is 3.16. The van der Waals surface area contributed by atoms with Gasteiger partial charge in [0.2, 0.25) is 0 Å². The molecule has 3 aromatic rings. The van der Waals surface area contributed by atoms with Gasteiger partial charge in [-0.25, -0.2) is 0 Å². The van der Waals surface area contributed by atoms with E-state index in [0.29, 0.717) is 57.4 Å². The van der Waals surface area contributed by atoms with E-state index in [0.717, 1.165) is 22.4 Å². The maximum atomic E-state index is 13.0. The molecule has 1 heterocycles. The predicted octanol–water partition coefficient (Wildman–Crippen LogP) is 8.38. The minimum atomic E-state index is -0.406. The zero-order chi connectivity index (χ0) is 28.9. The summed E-state index contributed by atoms with van der Waals surface area (Å²) in [5.41, 5.74) is 2.56. The van der Waals surface area contributed by atoms with Crippen LogP contribution in [0.3, 0.4) is 0 Å². The molecule has 0 radical (unpaired) electrons. The van der Waals surface area contributed by atoms with Crippen LogP contribution in [0.15, 0.2) is 65.6 Å². The van der Waals surface area contributed by atoms with Crippen LogP contribution in [0.25, 0.3) is 6.08 Å². The maximum Gasteiger partial charge on any atom is 0.293 e. The molecule has 9 heteroatoms. The number of amides is 2. The molecule has 210 valence electrons. The molecule has 0 unspecified atom stereocenters. The maximum absolute atomic E-state index is 13.0. The third-order valence-electron chi connectivity index (χ3n) is 6.15. The van der Waals surface area contributed by atoms with Crippen molar-refractivity contribution in [3.8, 4) is 17.2 Å². The summed E-state index contributed by atoms with van der Waals surface area (Å²) in [6.07, 6.45) is 1.66. The number of imide groups is 1. The molecule has 3 aromatic carbocycles. The fraction of sp³-hybridized carbons (Fsp3) is 0.290. The lowest BCUT2D eigenvalue weighted by Crippen LogP contribution is -2.27. The first kappa shape index (κ1) is 29.8. The molecule has 0 aromatic heterocycles. The summed E-state index contributed by atoms with van der Waals surface area (Å²) < 4.78 is 17.5. The van der Waals surface area contributed by atoms with Gasteiger partial charge < -0.3 is 14.2 Å². The molecule has 0 atom stereocenters. The normalized spacial score (nSPS) is 14.7. The molecular weight excluding hydrogens is 569 g/mol. The Morgan fingerprint density at radius 2 is 1.55 bits per heavy atom. The lowest BCUT2D eigenvalue weighted by Gasteiger charge is -2.19. The van der Waals surface area contributed by atoms with Crippen molar-refractivity contribution in [3.63, 3.8) is 0 Å². The highest BCUT2D eigenvalue weighted by Gasteiger charge is 2.35. The van der Waals surface area contributed by atoms with Gasteiger partial charge in [-0.2, -0.15) is 0 Å². The molecule has 6 nitrogen and oxygen atoms in total. The number of benzene rings is 3. The van der Waals surface area contributed by atoms with Crippen LogP contribution in [-0.2, 0) is 16.8 Å². The van der Waals surface area contributed by atoms with Gasteiger partial charge in [-0.15, -0.1) is 0 Å². The van der Waals surface area contributed by atoms with E-state index in [2.05, 4.69) is 32.9 Å². The first-order chi connectivity index (χ1) is 19.1. The summed E-state index contributed by atoms with van der Waals surface area (Å²) in [6.45, 7) is 9.52. The highest BCUT2D eigenvalue weighted by atomic mass is 35.5. The second-order valence-corrected chi connectivity index (χ2v) is 11.9. The molecule has 0 saturated carbocycles. The molecular formula is C31H31Cl2NO5S. The molecule has 0 N–H and O–H groups in total. The Hall–Kier alpha value is -3.13. The van der Waals surface area contributed by atoms with Gasteiger partial charge in [-0.1, -0.05) is 68.2 Å². The molecule has 1 fully saturated rings. The fourth-order valence-electron chi connectivity index (χ4n) is 3.99. The van der Waals surface area contributed by atoms with E-state index in [4.69, 9.17) is 37.4 Å². The van der Waals surface area contributed by atoms with Crippen LogP contribution in [0.5, 0.6) is 17.2 Å². The topological polar surface area (TPSA) is 65.1 Å². The van der Waals surface area contributed by atoms with Gasteiger partial charge in [0.25, 0.3) is 11.1 Å². The van der Waals surface area contributed by atoms with Crippen molar-refractivity contribution in [2.24, 2.45) is 0 Å². The van der Waals surface area contributed by atoms with E-state index < -0.39 is 5.91 Å². The van der Waals surface area contributed by atoms with Crippen LogP contribution in [0, 0.1) is 0 Å². The predicted molar refractivity (Wildman–Crippen MR) is 162 cm³/mol. The zero-order valence-corrected chi connectivity index (χ0v) is 25.2. The van der Waals surface area contributed by atoms with Crippen molar-refractivity contribution in [2.45, 2.75) is 39.7 Å². The van der Waals surface area contributed by atoms with Crippen LogP contribution in [0.4, 0.5) is 4.79 Å². The van der Waals surface area contributed by atoms with E-state index >= 15 is 0 Å². The van der Waals surface area contributed by atoms with E-state index in [1.807, 2.05) is 25.1 Å². The second-order valence-electron chi connectivity index (χ2n) is 10.1. The third-order valence-corrected chi connectivity index (χ3v) is 7.76. The van der Waals surface area contributed by atoms with Crippen molar-refractivity contribution >= 4 is 52.2 Å². The minimum absolute atomic E-state index is 0.000289. The number of ether oxygens (including phenoxy) is 3. The average molecular weight is 601 g/mol. The van der Waals surface area contributed by atoms with E-state index in [1.165, 1.54) is 5.56 Å². The van der Waals surface area contributed by atoms with Gasteiger partial charge in [0, 0.05) is 15.6 Å². The smallest absolute Gasteiger partial charge is 0.293 e. The first-order valence-electron chi connectivity index (χ1n) is 12.9. The minimum Gasteiger partial charge on any atom is -0.490 e. The number of thioether (sulfide) groups is 1. The Morgan fingerprint density at radius 1 is 0.875 bits per heavy atom. The summed E-state index contributed by atoms with van der Waals surface area (Å²) in [5.74, 6) is 1.47. The second kappa shape index (κ2) is 13.0. The van der Waals surface area contributed by atoms with E-state index in [1.54, 1.807) is 36.4 Å². The van der Waals surface area contributed by atoms with Crippen LogP contribution in [-0.4, -0.2) is 35.9 Å². The van der Waals surface area contributed by atoms with Gasteiger partial charge in [0.05, 0.1) is 18.1 Å². The van der Waals surface area contributed by atoms with Gasteiger partial charge >= 0.3 is 0 Å². The van der Waals surface area contributed by atoms with E-state index in [-0.39, 0.29) is 17.2 Å². The van der Waals surface area contributed by atoms with Gasteiger partial charge in [-0.05, 0) is 77.7 Å². The van der Waals surface area contributed by atoms with Crippen LogP contribution in [0.1, 0.15) is 44.4 Å². The highest BCUT2D eigenvalue weighted by Crippen LogP contribution is 2.37. The number of halogens is 2. The Morgan fingerprint density at radius 3 is 2.20 bits per heavy atom. The third kappa shape index (κ3) is 7.33. The summed E-state index contributed by atoms with van der Waals surface area (Å²) in [4.78, 5) is 27.1. The summed E-state index contributed by atoms with van der Waals surface area (Å²) >= 11 is 13.4. The number of nitrogens with zero attached hydrogens (tertiary/aromatic N) is 1. The van der Waals surface area contributed by atoms with Crippen LogP contribution >= 0.6 is 35.0 Å². The molecule has 2 amide bonds. The number of hydrogen-bond donors (Lipinski definition) is 0. The Balaban J connectivity index is 1.40. The lowest BCUT2D eigenvalue weighted by atomic mass is 9.87. The Bertz CT molecular complexity index is 1400. The molecule has 4 rings (SSSR count). The monoisotopic (exact) mass is 599 g/mol. The summed E-state index contributed by atoms with van der Waals surface area (Å²) in [5, 5.41) is 0.415.